The number of pyridine rings is 1. The van der Waals surface area contributed by atoms with Gasteiger partial charge in [0.25, 0.3) is 0 Å². The fourth-order valence-electron chi connectivity index (χ4n) is 0.679. The minimum atomic E-state index is -3.93. The van der Waals surface area contributed by atoms with Gasteiger partial charge in [-0.25, -0.2) is 0 Å². The Labute approximate surface area is 70.4 Å². The molecule has 66 valence electrons. The second kappa shape index (κ2) is 3.08. The van der Waals surface area contributed by atoms with Crippen LogP contribution in [-0.4, -0.2) is 13.4 Å². The van der Waals surface area contributed by atoms with Gasteiger partial charge in [0.05, 0.1) is 0 Å². The van der Waals surface area contributed by atoms with E-state index in [4.69, 9.17) is 0 Å². The van der Waals surface area contributed by atoms with E-state index in [0.717, 1.165) is 0 Å². The molecule has 0 bridgehead atoms. The van der Waals surface area contributed by atoms with E-state index in [9.17, 15) is 8.42 Å². The lowest BCUT2D eigenvalue weighted by atomic mass is 10.3. The average Bonchev–Trinajstić information content (AvgIpc) is 1.91. The van der Waals surface area contributed by atoms with Crippen LogP contribution in [0.4, 0.5) is 0 Å². The fraction of sp³-hybridized carbons (Fsp3) is 0.167. The van der Waals surface area contributed by atoms with Crippen LogP contribution >= 0.6 is 0 Å². The molecule has 0 spiro atoms. The van der Waals surface area contributed by atoms with E-state index in [1.807, 2.05) is 0 Å². The summed E-state index contributed by atoms with van der Waals surface area (Å²) in [6, 6.07) is 1.43. The highest BCUT2D eigenvalue weighted by Crippen LogP contribution is 2.15. The molecule has 0 saturated carbocycles. The van der Waals surface area contributed by atoms with Crippen molar-refractivity contribution in [3.05, 3.63) is 24.0 Å². The Morgan fingerprint density at radius 2 is 2.25 bits per heavy atom. The molecule has 2 N–H and O–H groups in total. The van der Waals surface area contributed by atoms with E-state index in [1.54, 1.807) is 6.92 Å². The minimum absolute atomic E-state index is 0.201. The Morgan fingerprint density at radius 1 is 1.58 bits per heavy atom. The maximum atomic E-state index is 10.5. The highest BCUT2D eigenvalue weighted by atomic mass is 32.2. The van der Waals surface area contributed by atoms with Crippen LogP contribution in [0.2, 0.25) is 0 Å². The lowest BCUT2D eigenvalue weighted by molar-refractivity contribution is 0.485. The molecule has 0 aliphatic carbocycles. The number of nitrogens with zero attached hydrogens (tertiary/aromatic N) is 1. The van der Waals surface area contributed by atoms with Crippen LogP contribution in [0.25, 0.3) is 0 Å². The molecule has 0 atom stereocenters. The SMILES string of the molecule is Cc1cnccc1OS(N)(=O)=O. The van der Waals surface area contributed by atoms with Crippen LogP contribution < -0.4 is 9.32 Å². The lowest BCUT2D eigenvalue weighted by Gasteiger charge is -2.03. The standard InChI is InChI=1S/C6H8N2O3S/c1-5-4-8-3-2-6(5)11-12(7,9)10/h2-4H,1H3,(H2,7,9,10). The summed E-state index contributed by atoms with van der Waals surface area (Å²) in [6.07, 6.45) is 2.91. The van der Waals surface area contributed by atoms with Crippen LogP contribution in [0.3, 0.4) is 0 Å². The first-order valence-electron chi connectivity index (χ1n) is 3.12. The number of rotatable bonds is 2. The number of aromatic nitrogens is 1. The topological polar surface area (TPSA) is 82.3 Å². The highest BCUT2D eigenvalue weighted by molar-refractivity contribution is 7.84. The van der Waals surface area contributed by atoms with Gasteiger partial charge in [-0.05, 0) is 6.92 Å². The summed E-state index contributed by atoms with van der Waals surface area (Å²) in [5.74, 6) is 0.201. The lowest BCUT2D eigenvalue weighted by Crippen LogP contribution is -2.19. The smallest absolute Gasteiger partial charge is 0.371 e. The van der Waals surface area contributed by atoms with E-state index in [1.165, 1.54) is 18.5 Å². The van der Waals surface area contributed by atoms with Gasteiger partial charge in [-0.15, -0.1) is 0 Å². The van der Waals surface area contributed by atoms with Crippen LogP contribution in [0.1, 0.15) is 5.56 Å². The van der Waals surface area contributed by atoms with Crippen molar-refractivity contribution in [2.75, 3.05) is 0 Å². The molecule has 0 unspecified atom stereocenters. The average molecular weight is 188 g/mol. The van der Waals surface area contributed by atoms with Crippen molar-refractivity contribution in [2.45, 2.75) is 6.92 Å². The van der Waals surface area contributed by atoms with Crippen molar-refractivity contribution in [1.82, 2.24) is 4.98 Å². The zero-order valence-electron chi connectivity index (χ0n) is 6.39. The first-order valence-corrected chi connectivity index (χ1v) is 4.59. The number of hydrogen-bond donors (Lipinski definition) is 1. The van der Waals surface area contributed by atoms with Gasteiger partial charge in [0.2, 0.25) is 0 Å². The van der Waals surface area contributed by atoms with Crippen molar-refractivity contribution < 1.29 is 12.6 Å². The summed E-state index contributed by atoms with van der Waals surface area (Å²) in [5.41, 5.74) is 0.617. The highest BCUT2D eigenvalue weighted by Gasteiger charge is 2.06. The Balaban J connectivity index is 2.98. The molecule has 0 saturated heterocycles. The van der Waals surface area contributed by atoms with Crippen LogP contribution in [-0.2, 0) is 10.3 Å². The second-order valence-corrected chi connectivity index (χ2v) is 3.37. The zero-order chi connectivity index (χ0) is 9.19. The van der Waals surface area contributed by atoms with E-state index in [2.05, 4.69) is 14.3 Å². The van der Waals surface area contributed by atoms with Gasteiger partial charge in [-0.1, -0.05) is 0 Å². The van der Waals surface area contributed by atoms with Gasteiger partial charge in [0.15, 0.2) is 0 Å². The predicted molar refractivity (Wildman–Crippen MR) is 42.7 cm³/mol. The largest absolute Gasteiger partial charge is 0.380 e. The van der Waals surface area contributed by atoms with Gasteiger partial charge in [0, 0.05) is 24.0 Å². The molecule has 1 aromatic heterocycles. The quantitative estimate of drug-likeness (QED) is 0.706. The third kappa shape index (κ3) is 2.48. The Hall–Kier alpha value is -1.14. The monoisotopic (exact) mass is 188 g/mol. The van der Waals surface area contributed by atoms with E-state index >= 15 is 0 Å². The molecule has 0 amide bonds. The van der Waals surface area contributed by atoms with Crippen molar-refractivity contribution in [3.63, 3.8) is 0 Å². The minimum Gasteiger partial charge on any atom is -0.371 e. The second-order valence-electron chi connectivity index (χ2n) is 2.22. The zero-order valence-corrected chi connectivity index (χ0v) is 7.21. The van der Waals surface area contributed by atoms with Crippen LogP contribution in [0.5, 0.6) is 5.75 Å². The van der Waals surface area contributed by atoms with Crippen molar-refractivity contribution in [3.8, 4) is 5.75 Å². The first kappa shape index (κ1) is 8.95. The Bertz CT molecular complexity index is 374. The molecule has 5 nitrogen and oxygen atoms in total. The van der Waals surface area contributed by atoms with Crippen molar-refractivity contribution in [1.29, 1.82) is 0 Å². The van der Waals surface area contributed by atoms with Crippen LogP contribution in [0.15, 0.2) is 18.5 Å². The van der Waals surface area contributed by atoms with Crippen LogP contribution in [0, 0.1) is 6.92 Å². The van der Waals surface area contributed by atoms with Crippen molar-refractivity contribution in [2.24, 2.45) is 5.14 Å². The third-order valence-corrected chi connectivity index (χ3v) is 1.59. The van der Waals surface area contributed by atoms with E-state index in [0.29, 0.717) is 5.56 Å². The molecule has 1 rings (SSSR count). The summed E-state index contributed by atoms with van der Waals surface area (Å²) in [5, 5.41) is 4.67. The Morgan fingerprint density at radius 3 is 2.75 bits per heavy atom. The first-order chi connectivity index (χ1) is 5.49. The molecule has 0 aromatic carbocycles. The predicted octanol–water partition coefficient (Wildman–Crippen LogP) is -0.0277. The normalized spacial score (nSPS) is 11.2. The fourth-order valence-corrected chi connectivity index (χ4v) is 1.12. The molecule has 0 radical (unpaired) electrons. The maximum absolute atomic E-state index is 10.5. The van der Waals surface area contributed by atoms with Gasteiger partial charge in [0.1, 0.15) is 5.75 Å². The number of nitrogens with two attached hydrogens (primary N) is 1. The molecule has 0 fully saturated rings. The van der Waals surface area contributed by atoms with Gasteiger partial charge in [-0.3, -0.25) is 4.98 Å². The van der Waals surface area contributed by atoms with Gasteiger partial charge < -0.3 is 4.18 Å². The molecule has 0 aliphatic heterocycles. The van der Waals surface area contributed by atoms with E-state index < -0.39 is 10.3 Å². The summed E-state index contributed by atoms with van der Waals surface area (Å²) in [6.45, 7) is 1.67. The van der Waals surface area contributed by atoms with Gasteiger partial charge >= 0.3 is 10.3 Å². The summed E-state index contributed by atoms with van der Waals surface area (Å²) in [7, 11) is -3.93. The summed E-state index contributed by atoms with van der Waals surface area (Å²) < 4.78 is 25.4. The third-order valence-electron chi connectivity index (χ3n) is 1.17. The van der Waals surface area contributed by atoms with E-state index in [-0.39, 0.29) is 5.75 Å². The molecule has 12 heavy (non-hydrogen) atoms. The maximum Gasteiger partial charge on any atom is 0.380 e. The molecular weight excluding hydrogens is 180 g/mol. The molecule has 1 heterocycles. The molecule has 1 aromatic rings. The van der Waals surface area contributed by atoms with Crippen molar-refractivity contribution >= 4 is 10.3 Å². The summed E-state index contributed by atoms with van der Waals surface area (Å²) >= 11 is 0. The molecular formula is C6H8N2O3S. The molecule has 0 aliphatic rings. The summed E-state index contributed by atoms with van der Waals surface area (Å²) in [4.78, 5) is 3.76. The molecule has 6 heteroatoms. The number of aryl methyl sites for hydroxylation is 1. The Kier molecular flexibility index (Phi) is 2.30. The van der Waals surface area contributed by atoms with Gasteiger partial charge in [-0.2, -0.15) is 13.6 Å². The number of hydrogen-bond acceptors (Lipinski definition) is 4.